The van der Waals surface area contributed by atoms with Gasteiger partial charge in [-0.2, -0.15) is 0 Å². The summed E-state index contributed by atoms with van der Waals surface area (Å²) in [5.74, 6) is 0.839. The van der Waals surface area contributed by atoms with E-state index >= 15 is 0 Å². The number of hydrogen-bond donors (Lipinski definition) is 2. The van der Waals surface area contributed by atoms with Crippen molar-refractivity contribution in [2.75, 3.05) is 20.1 Å². The molecular weight excluding hydrogens is 553 g/mol. The lowest BCUT2D eigenvalue weighted by atomic mass is 10.0. The smallest absolute Gasteiger partial charge is 0.314 e. The predicted octanol–water partition coefficient (Wildman–Crippen LogP) is 6.09. The molecule has 2 aliphatic rings. The van der Waals surface area contributed by atoms with Crippen LogP contribution in [0, 0.1) is 11.7 Å². The number of Topliss-reactive ketones (excluding diaryl/α,β-unsaturated/α-hetero) is 1. The van der Waals surface area contributed by atoms with Crippen LogP contribution in [0.4, 0.5) is 9.18 Å². The van der Waals surface area contributed by atoms with E-state index in [4.69, 9.17) is 9.72 Å². The lowest BCUT2D eigenvalue weighted by Crippen LogP contribution is -2.46. The van der Waals surface area contributed by atoms with Gasteiger partial charge >= 0.3 is 6.03 Å². The second-order valence-corrected chi connectivity index (χ2v) is 12.2. The number of aromatic nitrogens is 2. The van der Waals surface area contributed by atoms with E-state index in [1.54, 1.807) is 31.4 Å². The second-order valence-electron chi connectivity index (χ2n) is 11.2. The van der Waals surface area contributed by atoms with Crippen molar-refractivity contribution >= 4 is 33.4 Å². The first-order valence-electron chi connectivity index (χ1n) is 14.5. The van der Waals surface area contributed by atoms with Crippen LogP contribution in [-0.2, 0) is 17.8 Å². The highest BCUT2D eigenvalue weighted by Gasteiger charge is 2.24. The molecule has 4 heterocycles. The number of thiophene rings is 1. The van der Waals surface area contributed by atoms with Crippen molar-refractivity contribution in [2.45, 2.75) is 51.1 Å². The zero-order valence-corrected chi connectivity index (χ0v) is 24.4. The number of benzene rings is 1. The number of likely N-dealkylation sites (tertiary alicyclic amines) is 1. The normalized spacial score (nSPS) is 16.0. The highest BCUT2D eigenvalue weighted by atomic mass is 32.1. The molecule has 0 bridgehead atoms. The number of piperidine rings is 1. The van der Waals surface area contributed by atoms with Crippen molar-refractivity contribution in [3.8, 4) is 22.1 Å². The monoisotopic (exact) mass is 587 g/mol. The summed E-state index contributed by atoms with van der Waals surface area (Å²) >= 11 is 1.51. The van der Waals surface area contributed by atoms with Crippen LogP contribution in [0.15, 0.2) is 54.9 Å². The number of hydrogen-bond acceptors (Lipinski definition) is 7. The molecule has 3 aromatic heterocycles. The molecular formula is C32H34FN5O3S. The Kier molecular flexibility index (Phi) is 8.43. The molecule has 10 heteroatoms. The van der Waals surface area contributed by atoms with E-state index in [2.05, 4.69) is 26.6 Å². The summed E-state index contributed by atoms with van der Waals surface area (Å²) in [6, 6.07) is 12.7. The molecule has 0 unspecified atom stereocenters. The van der Waals surface area contributed by atoms with E-state index in [-0.39, 0.29) is 30.0 Å². The van der Waals surface area contributed by atoms with Crippen LogP contribution in [-0.4, -0.2) is 52.9 Å². The van der Waals surface area contributed by atoms with Crippen molar-refractivity contribution < 1.29 is 18.7 Å². The van der Waals surface area contributed by atoms with E-state index in [1.807, 2.05) is 18.3 Å². The van der Waals surface area contributed by atoms with E-state index in [0.717, 1.165) is 71.7 Å². The Morgan fingerprint density at radius 3 is 2.55 bits per heavy atom. The van der Waals surface area contributed by atoms with Crippen LogP contribution in [0.2, 0.25) is 0 Å². The average molecular weight is 588 g/mol. The molecule has 1 saturated heterocycles. The summed E-state index contributed by atoms with van der Waals surface area (Å²) in [6.07, 6.45) is 8.50. The van der Waals surface area contributed by atoms with Gasteiger partial charge in [-0.15, -0.1) is 11.3 Å². The highest BCUT2D eigenvalue weighted by Crippen LogP contribution is 2.39. The van der Waals surface area contributed by atoms with Gasteiger partial charge in [0.05, 0.1) is 20.8 Å². The SMILES string of the molecule is CNC(=O)NC1CCN(Cc2ccc(-c3cc4nccc(Oc5ccc(CC(=O)CC6CC6)cc5F)c4s3)nc2)CC1. The van der Waals surface area contributed by atoms with Crippen molar-refractivity contribution in [1.29, 1.82) is 0 Å². The minimum atomic E-state index is -0.488. The molecule has 1 aliphatic heterocycles. The molecule has 0 atom stereocenters. The van der Waals surface area contributed by atoms with Crippen molar-refractivity contribution in [3.05, 3.63) is 71.8 Å². The van der Waals surface area contributed by atoms with Gasteiger partial charge in [-0.05, 0) is 67.0 Å². The number of ether oxygens (including phenoxy) is 1. The van der Waals surface area contributed by atoms with Gasteiger partial charge in [0.25, 0.3) is 0 Å². The predicted molar refractivity (Wildman–Crippen MR) is 161 cm³/mol. The maximum Gasteiger partial charge on any atom is 0.314 e. The lowest BCUT2D eigenvalue weighted by molar-refractivity contribution is -0.118. The molecule has 2 fully saturated rings. The van der Waals surface area contributed by atoms with Gasteiger partial charge in [0.1, 0.15) is 11.5 Å². The molecule has 1 saturated carbocycles. The van der Waals surface area contributed by atoms with Crippen molar-refractivity contribution in [2.24, 2.45) is 5.92 Å². The molecule has 1 aromatic carbocycles. The minimum absolute atomic E-state index is 0.117. The number of halogens is 1. The number of carbonyl (C=O) groups is 2. The molecule has 2 amide bonds. The van der Waals surface area contributed by atoms with Gasteiger partial charge < -0.3 is 15.4 Å². The zero-order valence-electron chi connectivity index (χ0n) is 23.6. The van der Waals surface area contributed by atoms with Crippen LogP contribution >= 0.6 is 11.3 Å². The van der Waals surface area contributed by atoms with Crippen molar-refractivity contribution in [1.82, 2.24) is 25.5 Å². The first-order chi connectivity index (χ1) is 20.4. The first kappa shape index (κ1) is 28.2. The fraction of sp³-hybridized carbons (Fsp3) is 0.375. The Labute approximate surface area is 248 Å². The van der Waals surface area contributed by atoms with Crippen LogP contribution in [0.3, 0.4) is 0 Å². The Bertz CT molecular complexity index is 1580. The number of pyridine rings is 2. The third-order valence-corrected chi connectivity index (χ3v) is 9.00. The summed E-state index contributed by atoms with van der Waals surface area (Å²) in [5, 5.41) is 5.61. The third kappa shape index (κ3) is 6.94. The topological polar surface area (TPSA) is 96.5 Å². The van der Waals surface area contributed by atoms with Gasteiger partial charge in [0.15, 0.2) is 11.6 Å². The van der Waals surface area contributed by atoms with Crippen LogP contribution < -0.4 is 15.4 Å². The Morgan fingerprint density at radius 2 is 1.83 bits per heavy atom. The van der Waals surface area contributed by atoms with E-state index in [0.29, 0.717) is 23.7 Å². The quantitative estimate of drug-likeness (QED) is 0.233. The number of urea groups is 1. The summed E-state index contributed by atoms with van der Waals surface area (Å²) < 4.78 is 21.8. The number of rotatable bonds is 10. The number of fused-ring (bicyclic) bond motifs is 1. The summed E-state index contributed by atoms with van der Waals surface area (Å²) in [6.45, 7) is 2.65. The van der Waals surface area contributed by atoms with E-state index in [1.165, 1.54) is 17.4 Å². The Hall–Kier alpha value is -3.89. The standard InChI is InChI=1S/C32H34FN5O3S/c1-34-32(40)37-23-9-12-38(13-10-23)19-22-4-6-26(36-18-22)30-17-27-31(42-30)29(8-11-35-27)41-28-7-5-21(16-25(28)33)15-24(39)14-20-2-3-20/h4-8,11,16-18,20,23H,2-3,9-10,12-15,19H2,1H3,(H2,34,37,40). The van der Waals surface area contributed by atoms with Gasteiger partial charge in [-0.25, -0.2) is 9.18 Å². The maximum absolute atomic E-state index is 14.9. The molecule has 8 nitrogen and oxygen atoms in total. The van der Waals surface area contributed by atoms with Gasteiger partial charge in [0, 0.05) is 64.0 Å². The van der Waals surface area contributed by atoms with Gasteiger partial charge in [0.2, 0.25) is 0 Å². The number of ketones is 1. The lowest BCUT2D eigenvalue weighted by Gasteiger charge is -2.32. The van der Waals surface area contributed by atoms with Crippen LogP contribution in [0.1, 0.15) is 43.2 Å². The molecule has 0 spiro atoms. The minimum Gasteiger partial charge on any atom is -0.453 e. The number of nitrogens with zero attached hydrogens (tertiary/aromatic N) is 3. The summed E-state index contributed by atoms with van der Waals surface area (Å²) in [7, 11) is 1.63. The first-order valence-corrected chi connectivity index (χ1v) is 15.3. The number of nitrogens with one attached hydrogen (secondary N) is 2. The fourth-order valence-corrected chi connectivity index (χ4v) is 6.38. The van der Waals surface area contributed by atoms with Gasteiger partial charge in [-0.3, -0.25) is 19.7 Å². The second kappa shape index (κ2) is 12.5. The number of carbonyl (C=O) groups excluding carboxylic acids is 2. The van der Waals surface area contributed by atoms with E-state index in [9.17, 15) is 14.0 Å². The molecule has 2 N–H and O–H groups in total. The molecule has 6 rings (SSSR count). The maximum atomic E-state index is 14.9. The summed E-state index contributed by atoms with van der Waals surface area (Å²) in [5.41, 5.74) is 3.40. The number of amides is 2. The fourth-order valence-electron chi connectivity index (χ4n) is 5.34. The molecule has 42 heavy (non-hydrogen) atoms. The van der Waals surface area contributed by atoms with Crippen LogP contribution in [0.25, 0.3) is 20.8 Å². The van der Waals surface area contributed by atoms with Gasteiger partial charge in [-0.1, -0.05) is 12.1 Å². The zero-order chi connectivity index (χ0) is 29.1. The molecule has 218 valence electrons. The average Bonchev–Trinajstić information content (AvgIpc) is 3.69. The van der Waals surface area contributed by atoms with Crippen LogP contribution in [0.5, 0.6) is 11.5 Å². The Balaban J connectivity index is 1.09. The molecule has 0 radical (unpaired) electrons. The third-order valence-electron chi connectivity index (χ3n) is 7.84. The highest BCUT2D eigenvalue weighted by molar-refractivity contribution is 7.22. The Morgan fingerprint density at radius 1 is 1.02 bits per heavy atom. The van der Waals surface area contributed by atoms with E-state index < -0.39 is 5.82 Å². The van der Waals surface area contributed by atoms with Crippen molar-refractivity contribution in [3.63, 3.8) is 0 Å². The molecule has 4 aromatic rings. The summed E-state index contributed by atoms with van der Waals surface area (Å²) in [4.78, 5) is 36.3. The largest absolute Gasteiger partial charge is 0.453 e. The molecule has 1 aliphatic carbocycles.